The molecule has 3 nitrogen and oxygen atoms in total. The Morgan fingerprint density at radius 1 is 1.05 bits per heavy atom. The molecule has 0 amide bonds. The van der Waals surface area contributed by atoms with Crippen molar-refractivity contribution in [2.45, 2.75) is 0 Å². The van der Waals surface area contributed by atoms with E-state index in [2.05, 4.69) is 4.98 Å². The van der Waals surface area contributed by atoms with E-state index in [4.69, 9.17) is 10.2 Å². The topological polar surface area (TPSA) is 52.0 Å². The monoisotopic (exact) mass is 254 g/mol. The standard InChI is InChI=1S/C15H11FN2O/c16-11-7-4-10(5-8-11)6-9-14-18-15-12(17)2-1-3-13(15)19-14/h1-9H,17H2/b9-6+. The van der Waals surface area contributed by atoms with Crippen molar-refractivity contribution >= 4 is 28.9 Å². The number of oxazole rings is 1. The molecular formula is C15H11FN2O. The summed E-state index contributed by atoms with van der Waals surface area (Å²) in [5.74, 6) is 0.212. The quantitative estimate of drug-likeness (QED) is 0.709. The highest BCUT2D eigenvalue weighted by atomic mass is 19.1. The third-order valence-corrected chi connectivity index (χ3v) is 2.76. The molecule has 0 fully saturated rings. The van der Waals surface area contributed by atoms with Crippen molar-refractivity contribution in [1.29, 1.82) is 0 Å². The second kappa shape index (κ2) is 4.57. The Bertz CT molecular complexity index is 744. The number of fused-ring (bicyclic) bond motifs is 1. The number of hydrogen-bond donors (Lipinski definition) is 1. The number of aromatic nitrogens is 1. The minimum atomic E-state index is -0.258. The molecule has 19 heavy (non-hydrogen) atoms. The van der Waals surface area contributed by atoms with Gasteiger partial charge >= 0.3 is 0 Å². The van der Waals surface area contributed by atoms with Crippen LogP contribution in [0, 0.1) is 5.82 Å². The van der Waals surface area contributed by atoms with Gasteiger partial charge < -0.3 is 10.2 Å². The number of rotatable bonds is 2. The van der Waals surface area contributed by atoms with Crippen LogP contribution in [-0.2, 0) is 0 Å². The normalized spacial score (nSPS) is 11.4. The first-order valence-electron chi connectivity index (χ1n) is 5.81. The highest BCUT2D eigenvalue weighted by Gasteiger charge is 2.05. The molecule has 0 saturated heterocycles. The number of nitrogen functional groups attached to an aromatic ring is 1. The van der Waals surface area contributed by atoms with E-state index in [1.807, 2.05) is 12.1 Å². The first-order chi connectivity index (χ1) is 9.22. The largest absolute Gasteiger partial charge is 0.437 e. The number of hydrogen-bond acceptors (Lipinski definition) is 3. The summed E-state index contributed by atoms with van der Waals surface area (Å²) in [6.45, 7) is 0. The molecule has 3 aromatic rings. The van der Waals surface area contributed by atoms with Crippen LogP contribution < -0.4 is 5.73 Å². The fourth-order valence-corrected chi connectivity index (χ4v) is 1.80. The summed E-state index contributed by atoms with van der Waals surface area (Å²) in [5.41, 5.74) is 8.57. The molecule has 0 bridgehead atoms. The van der Waals surface area contributed by atoms with Crippen LogP contribution in [0.4, 0.5) is 10.1 Å². The molecule has 1 aromatic heterocycles. The lowest BCUT2D eigenvalue weighted by molar-refractivity contribution is 0.590. The molecule has 0 aliphatic carbocycles. The van der Waals surface area contributed by atoms with Gasteiger partial charge in [0.05, 0.1) is 5.69 Å². The highest BCUT2D eigenvalue weighted by Crippen LogP contribution is 2.22. The van der Waals surface area contributed by atoms with Crippen LogP contribution in [0.5, 0.6) is 0 Å². The lowest BCUT2D eigenvalue weighted by Gasteiger charge is -1.91. The molecule has 2 N–H and O–H groups in total. The Balaban J connectivity index is 1.93. The van der Waals surface area contributed by atoms with Crippen molar-refractivity contribution in [3.8, 4) is 0 Å². The molecule has 0 unspecified atom stereocenters. The van der Waals surface area contributed by atoms with Crippen molar-refractivity contribution in [3.05, 3.63) is 59.7 Å². The first-order valence-corrected chi connectivity index (χ1v) is 5.81. The average Bonchev–Trinajstić information content (AvgIpc) is 2.83. The van der Waals surface area contributed by atoms with Crippen LogP contribution in [0.25, 0.3) is 23.3 Å². The van der Waals surface area contributed by atoms with Crippen LogP contribution in [0.2, 0.25) is 0 Å². The van der Waals surface area contributed by atoms with E-state index in [9.17, 15) is 4.39 Å². The summed E-state index contributed by atoms with van der Waals surface area (Å²) >= 11 is 0. The zero-order valence-electron chi connectivity index (χ0n) is 10.0. The predicted molar refractivity (Wildman–Crippen MR) is 73.7 cm³/mol. The lowest BCUT2D eigenvalue weighted by atomic mass is 10.2. The minimum absolute atomic E-state index is 0.258. The minimum Gasteiger partial charge on any atom is -0.437 e. The third-order valence-electron chi connectivity index (χ3n) is 2.76. The number of para-hydroxylation sites is 1. The van der Waals surface area contributed by atoms with Crippen LogP contribution >= 0.6 is 0 Å². The maximum absolute atomic E-state index is 12.8. The fraction of sp³-hybridized carbons (Fsp3) is 0. The number of nitrogens with two attached hydrogens (primary N) is 1. The first kappa shape index (κ1) is 11.5. The smallest absolute Gasteiger partial charge is 0.220 e. The molecule has 1 heterocycles. The number of halogens is 1. The SMILES string of the molecule is Nc1cccc2oc(/C=C/c3ccc(F)cc3)nc12. The molecular weight excluding hydrogens is 243 g/mol. The van der Waals surface area contributed by atoms with Crippen molar-refractivity contribution in [1.82, 2.24) is 4.98 Å². The van der Waals surface area contributed by atoms with E-state index in [0.29, 0.717) is 22.7 Å². The molecule has 0 aliphatic rings. The zero-order chi connectivity index (χ0) is 13.2. The molecule has 94 valence electrons. The lowest BCUT2D eigenvalue weighted by Crippen LogP contribution is -1.84. The van der Waals surface area contributed by atoms with E-state index >= 15 is 0 Å². The molecule has 0 atom stereocenters. The maximum atomic E-state index is 12.8. The Morgan fingerprint density at radius 2 is 1.84 bits per heavy atom. The highest BCUT2D eigenvalue weighted by molar-refractivity contribution is 5.86. The molecule has 0 aliphatic heterocycles. The van der Waals surface area contributed by atoms with Gasteiger partial charge in [-0.05, 0) is 35.9 Å². The third kappa shape index (κ3) is 2.33. The number of nitrogens with zero attached hydrogens (tertiary/aromatic N) is 1. The summed E-state index contributed by atoms with van der Waals surface area (Å²) in [5, 5.41) is 0. The van der Waals surface area contributed by atoms with Gasteiger partial charge in [-0.1, -0.05) is 18.2 Å². The van der Waals surface area contributed by atoms with Gasteiger partial charge in [-0.2, -0.15) is 0 Å². The zero-order valence-corrected chi connectivity index (χ0v) is 10.0. The van der Waals surface area contributed by atoms with Gasteiger partial charge in [0.2, 0.25) is 5.89 Å². The van der Waals surface area contributed by atoms with Gasteiger partial charge in [0.1, 0.15) is 11.3 Å². The number of anilines is 1. The Labute approximate surface area is 109 Å². The van der Waals surface area contributed by atoms with Gasteiger partial charge in [-0.15, -0.1) is 0 Å². The summed E-state index contributed by atoms with van der Waals surface area (Å²) in [7, 11) is 0. The van der Waals surface area contributed by atoms with Crippen molar-refractivity contribution in [3.63, 3.8) is 0 Å². The van der Waals surface area contributed by atoms with Crippen LogP contribution in [-0.4, -0.2) is 4.98 Å². The van der Waals surface area contributed by atoms with Crippen LogP contribution in [0.1, 0.15) is 11.5 Å². The average molecular weight is 254 g/mol. The summed E-state index contributed by atoms with van der Waals surface area (Å²) in [4.78, 5) is 4.29. The van der Waals surface area contributed by atoms with Gasteiger partial charge in [0.15, 0.2) is 5.58 Å². The molecule has 0 spiro atoms. The van der Waals surface area contributed by atoms with Crippen molar-refractivity contribution < 1.29 is 8.81 Å². The molecule has 3 rings (SSSR count). The fourth-order valence-electron chi connectivity index (χ4n) is 1.80. The van der Waals surface area contributed by atoms with E-state index in [1.54, 1.807) is 30.4 Å². The van der Waals surface area contributed by atoms with Gasteiger partial charge in [-0.3, -0.25) is 0 Å². The van der Waals surface area contributed by atoms with Gasteiger partial charge in [-0.25, -0.2) is 9.37 Å². The van der Waals surface area contributed by atoms with E-state index in [-0.39, 0.29) is 5.82 Å². The molecule has 0 saturated carbocycles. The Morgan fingerprint density at radius 3 is 2.58 bits per heavy atom. The predicted octanol–water partition coefficient (Wildman–Crippen LogP) is 3.72. The number of benzene rings is 2. The van der Waals surface area contributed by atoms with Crippen molar-refractivity contribution in [2.24, 2.45) is 0 Å². The summed E-state index contributed by atoms with van der Waals surface area (Å²) < 4.78 is 18.3. The second-order valence-electron chi connectivity index (χ2n) is 4.13. The van der Waals surface area contributed by atoms with Crippen LogP contribution in [0.15, 0.2) is 46.9 Å². The van der Waals surface area contributed by atoms with Crippen molar-refractivity contribution in [2.75, 3.05) is 5.73 Å². The maximum Gasteiger partial charge on any atom is 0.220 e. The Hall–Kier alpha value is -2.62. The van der Waals surface area contributed by atoms with E-state index < -0.39 is 0 Å². The summed E-state index contributed by atoms with van der Waals surface area (Å²) in [6.07, 6.45) is 3.53. The van der Waals surface area contributed by atoms with Gasteiger partial charge in [0.25, 0.3) is 0 Å². The molecule has 2 aromatic carbocycles. The summed E-state index contributed by atoms with van der Waals surface area (Å²) in [6, 6.07) is 11.6. The van der Waals surface area contributed by atoms with E-state index in [1.165, 1.54) is 12.1 Å². The molecule has 0 radical (unpaired) electrons. The molecule has 4 heteroatoms. The van der Waals surface area contributed by atoms with Crippen LogP contribution in [0.3, 0.4) is 0 Å². The van der Waals surface area contributed by atoms with E-state index in [0.717, 1.165) is 5.56 Å². The second-order valence-corrected chi connectivity index (χ2v) is 4.13. The Kier molecular flexibility index (Phi) is 2.76. The van der Waals surface area contributed by atoms with Gasteiger partial charge in [0, 0.05) is 6.08 Å².